The minimum absolute atomic E-state index is 0.360. The predicted molar refractivity (Wildman–Crippen MR) is 85.2 cm³/mol. The first-order valence-electron chi connectivity index (χ1n) is 7.14. The Labute approximate surface area is 129 Å². The molecule has 0 saturated heterocycles. The third-order valence-electron chi connectivity index (χ3n) is 3.80. The molecule has 0 unspecified atom stereocenters. The standard InChI is InChI=1S/C18H16N4/c1-13-8-9-16(10-14(13)2)18-17(11-19)20-21-22(18)12-15-6-4-3-5-7-15/h3-10H,12H2,1-2H3. The highest BCUT2D eigenvalue weighted by molar-refractivity contribution is 5.66. The molecular weight excluding hydrogens is 272 g/mol. The summed E-state index contributed by atoms with van der Waals surface area (Å²) < 4.78 is 1.79. The van der Waals surface area contributed by atoms with E-state index in [0.29, 0.717) is 12.2 Å². The molecule has 3 aromatic rings. The van der Waals surface area contributed by atoms with E-state index < -0.39 is 0 Å². The number of hydrogen-bond donors (Lipinski definition) is 0. The summed E-state index contributed by atoms with van der Waals surface area (Å²) >= 11 is 0. The summed E-state index contributed by atoms with van der Waals surface area (Å²) in [5, 5.41) is 17.5. The number of benzene rings is 2. The van der Waals surface area contributed by atoms with Crippen molar-refractivity contribution in [1.82, 2.24) is 15.0 Å². The minimum atomic E-state index is 0.360. The highest BCUT2D eigenvalue weighted by Crippen LogP contribution is 2.25. The second-order valence-electron chi connectivity index (χ2n) is 5.34. The SMILES string of the molecule is Cc1ccc(-c2c(C#N)nnn2Cc2ccccc2)cc1C. The number of rotatable bonds is 3. The molecule has 0 fully saturated rings. The summed E-state index contributed by atoms with van der Waals surface area (Å²) in [6.45, 7) is 4.73. The van der Waals surface area contributed by atoms with Crippen LogP contribution >= 0.6 is 0 Å². The van der Waals surface area contributed by atoms with Crippen molar-refractivity contribution < 1.29 is 0 Å². The summed E-state index contributed by atoms with van der Waals surface area (Å²) in [7, 11) is 0. The molecule has 0 N–H and O–H groups in total. The van der Waals surface area contributed by atoms with Crippen LogP contribution < -0.4 is 0 Å². The lowest BCUT2D eigenvalue weighted by Crippen LogP contribution is -2.04. The van der Waals surface area contributed by atoms with Gasteiger partial charge in [-0.1, -0.05) is 47.7 Å². The molecule has 4 heteroatoms. The predicted octanol–water partition coefficient (Wildman–Crippen LogP) is 3.48. The van der Waals surface area contributed by atoms with Gasteiger partial charge in [-0.05, 0) is 36.6 Å². The van der Waals surface area contributed by atoms with Crippen molar-refractivity contribution in [3.8, 4) is 17.3 Å². The molecule has 0 aliphatic carbocycles. The van der Waals surface area contributed by atoms with Crippen LogP contribution in [-0.2, 0) is 6.54 Å². The van der Waals surface area contributed by atoms with Gasteiger partial charge in [-0.2, -0.15) is 5.26 Å². The van der Waals surface area contributed by atoms with Crippen LogP contribution in [0.5, 0.6) is 0 Å². The van der Waals surface area contributed by atoms with Crippen molar-refractivity contribution in [2.24, 2.45) is 0 Å². The maximum atomic E-state index is 9.32. The Morgan fingerprint density at radius 3 is 2.50 bits per heavy atom. The quantitative estimate of drug-likeness (QED) is 0.741. The Morgan fingerprint density at radius 2 is 1.82 bits per heavy atom. The fourth-order valence-electron chi connectivity index (χ4n) is 2.43. The van der Waals surface area contributed by atoms with E-state index >= 15 is 0 Å². The molecule has 22 heavy (non-hydrogen) atoms. The summed E-state index contributed by atoms with van der Waals surface area (Å²) in [6, 6.07) is 18.3. The van der Waals surface area contributed by atoms with Gasteiger partial charge < -0.3 is 0 Å². The molecule has 0 bridgehead atoms. The number of aryl methyl sites for hydroxylation is 2. The van der Waals surface area contributed by atoms with Crippen LogP contribution in [0.4, 0.5) is 0 Å². The summed E-state index contributed by atoms with van der Waals surface area (Å²) in [5.74, 6) is 0. The van der Waals surface area contributed by atoms with Gasteiger partial charge in [-0.15, -0.1) is 5.10 Å². The van der Waals surface area contributed by atoms with E-state index in [4.69, 9.17) is 0 Å². The molecule has 3 rings (SSSR count). The zero-order valence-corrected chi connectivity index (χ0v) is 12.6. The molecule has 2 aromatic carbocycles. The van der Waals surface area contributed by atoms with Gasteiger partial charge >= 0.3 is 0 Å². The van der Waals surface area contributed by atoms with E-state index in [1.165, 1.54) is 11.1 Å². The first-order valence-corrected chi connectivity index (χ1v) is 7.14. The van der Waals surface area contributed by atoms with E-state index in [0.717, 1.165) is 16.8 Å². The topological polar surface area (TPSA) is 54.5 Å². The Balaban J connectivity index is 2.08. The third kappa shape index (κ3) is 2.61. The highest BCUT2D eigenvalue weighted by atomic mass is 15.4. The molecule has 0 radical (unpaired) electrons. The van der Waals surface area contributed by atoms with Crippen LogP contribution in [0.3, 0.4) is 0 Å². The van der Waals surface area contributed by atoms with E-state index in [1.807, 2.05) is 36.4 Å². The molecule has 0 saturated carbocycles. The Hall–Kier alpha value is -2.93. The zero-order valence-electron chi connectivity index (χ0n) is 12.6. The van der Waals surface area contributed by atoms with Gasteiger partial charge in [0.25, 0.3) is 0 Å². The van der Waals surface area contributed by atoms with E-state index in [2.05, 4.69) is 42.4 Å². The van der Waals surface area contributed by atoms with Crippen molar-refractivity contribution in [2.75, 3.05) is 0 Å². The van der Waals surface area contributed by atoms with Crippen LogP contribution in [0.1, 0.15) is 22.4 Å². The number of nitriles is 1. The largest absolute Gasteiger partial charge is 0.239 e. The van der Waals surface area contributed by atoms with Gasteiger partial charge in [0.1, 0.15) is 11.8 Å². The van der Waals surface area contributed by atoms with Crippen LogP contribution in [0.2, 0.25) is 0 Å². The molecular formula is C18H16N4. The average molecular weight is 288 g/mol. The Kier molecular flexibility index (Phi) is 3.71. The van der Waals surface area contributed by atoms with Crippen molar-refractivity contribution >= 4 is 0 Å². The summed E-state index contributed by atoms with van der Waals surface area (Å²) in [5.41, 5.74) is 5.65. The first kappa shape index (κ1) is 14.0. The van der Waals surface area contributed by atoms with Gasteiger partial charge in [0.2, 0.25) is 0 Å². The monoisotopic (exact) mass is 288 g/mol. The van der Waals surface area contributed by atoms with Gasteiger partial charge in [0.05, 0.1) is 6.54 Å². The number of aromatic nitrogens is 3. The van der Waals surface area contributed by atoms with Gasteiger partial charge in [-0.3, -0.25) is 0 Å². The lowest BCUT2D eigenvalue weighted by molar-refractivity contribution is 0.655. The maximum Gasteiger partial charge on any atom is 0.190 e. The lowest BCUT2D eigenvalue weighted by Gasteiger charge is -2.09. The molecule has 4 nitrogen and oxygen atoms in total. The fraction of sp³-hybridized carbons (Fsp3) is 0.167. The van der Waals surface area contributed by atoms with Gasteiger partial charge in [0, 0.05) is 5.56 Å². The number of nitrogens with zero attached hydrogens (tertiary/aromatic N) is 4. The molecule has 0 amide bonds. The molecule has 1 aromatic heterocycles. The van der Waals surface area contributed by atoms with E-state index in [9.17, 15) is 5.26 Å². The van der Waals surface area contributed by atoms with Crippen molar-refractivity contribution in [3.63, 3.8) is 0 Å². The first-order chi connectivity index (χ1) is 10.7. The van der Waals surface area contributed by atoms with Crippen LogP contribution in [-0.4, -0.2) is 15.0 Å². The zero-order chi connectivity index (χ0) is 15.5. The summed E-state index contributed by atoms with van der Waals surface area (Å²) in [6.07, 6.45) is 0. The molecule has 0 atom stereocenters. The summed E-state index contributed by atoms with van der Waals surface area (Å²) in [4.78, 5) is 0. The van der Waals surface area contributed by atoms with E-state index in [1.54, 1.807) is 4.68 Å². The maximum absolute atomic E-state index is 9.32. The smallest absolute Gasteiger partial charge is 0.190 e. The molecule has 108 valence electrons. The normalized spacial score (nSPS) is 10.4. The lowest BCUT2D eigenvalue weighted by atomic mass is 10.0. The molecule has 0 aliphatic rings. The van der Waals surface area contributed by atoms with Crippen molar-refractivity contribution in [1.29, 1.82) is 5.26 Å². The van der Waals surface area contributed by atoms with Crippen molar-refractivity contribution in [3.05, 3.63) is 70.9 Å². The van der Waals surface area contributed by atoms with Crippen molar-refractivity contribution in [2.45, 2.75) is 20.4 Å². The van der Waals surface area contributed by atoms with Crippen LogP contribution in [0.25, 0.3) is 11.3 Å². The third-order valence-corrected chi connectivity index (χ3v) is 3.80. The Bertz CT molecular complexity index is 841. The van der Waals surface area contributed by atoms with E-state index in [-0.39, 0.29) is 0 Å². The average Bonchev–Trinajstić information content (AvgIpc) is 2.94. The van der Waals surface area contributed by atoms with Gasteiger partial charge in [-0.25, -0.2) is 4.68 Å². The molecule has 0 spiro atoms. The van der Waals surface area contributed by atoms with Crippen LogP contribution in [0.15, 0.2) is 48.5 Å². The van der Waals surface area contributed by atoms with Gasteiger partial charge in [0.15, 0.2) is 5.69 Å². The fourth-order valence-corrected chi connectivity index (χ4v) is 2.43. The Morgan fingerprint density at radius 1 is 1.05 bits per heavy atom. The minimum Gasteiger partial charge on any atom is -0.239 e. The second-order valence-corrected chi connectivity index (χ2v) is 5.34. The molecule has 1 heterocycles. The number of hydrogen-bond acceptors (Lipinski definition) is 3. The van der Waals surface area contributed by atoms with Crippen LogP contribution in [0, 0.1) is 25.2 Å². The second kappa shape index (κ2) is 5.82. The highest BCUT2D eigenvalue weighted by Gasteiger charge is 2.15. The molecule has 0 aliphatic heterocycles.